The summed E-state index contributed by atoms with van der Waals surface area (Å²) in [5, 5.41) is 2.77. The Morgan fingerprint density at radius 2 is 1.71 bits per heavy atom. The Morgan fingerprint density at radius 3 is 2.38 bits per heavy atom. The van der Waals surface area contributed by atoms with Crippen LogP contribution in [0.15, 0.2) is 47.4 Å². The van der Waals surface area contributed by atoms with Gasteiger partial charge in [0, 0.05) is 17.6 Å². The third kappa shape index (κ3) is 3.05. The summed E-state index contributed by atoms with van der Waals surface area (Å²) in [4.78, 5) is 38.2. The van der Waals surface area contributed by atoms with Crippen LogP contribution in [0.4, 0.5) is 5.69 Å². The van der Waals surface area contributed by atoms with Gasteiger partial charge in [-0.15, -0.1) is 11.8 Å². The lowest BCUT2D eigenvalue weighted by molar-refractivity contribution is -0.115. The summed E-state index contributed by atoms with van der Waals surface area (Å²) in [7, 11) is 1.45. The topological polar surface area (TPSA) is 66.5 Å². The lowest BCUT2D eigenvalue weighted by Crippen LogP contribution is -2.24. The van der Waals surface area contributed by atoms with Gasteiger partial charge in [-0.25, -0.2) is 0 Å². The number of nitrogens with one attached hydrogen (secondary N) is 1. The van der Waals surface area contributed by atoms with Crippen LogP contribution in [0.1, 0.15) is 26.3 Å². The molecule has 0 fully saturated rings. The standard InChI is InChI=1S/C18H16N2O3S/c1-20-17(22)14-8-5-12(10-15(14)18(20)23)19-16(21)9-11-3-6-13(24-2)7-4-11/h3-8,10H,9H2,1-2H3,(H,19,21). The van der Waals surface area contributed by atoms with Gasteiger partial charge in [0.05, 0.1) is 17.5 Å². The van der Waals surface area contributed by atoms with Crippen molar-refractivity contribution < 1.29 is 14.4 Å². The van der Waals surface area contributed by atoms with Crippen LogP contribution in [0.5, 0.6) is 0 Å². The molecule has 122 valence electrons. The van der Waals surface area contributed by atoms with Gasteiger partial charge in [-0.1, -0.05) is 12.1 Å². The molecular weight excluding hydrogens is 324 g/mol. The highest BCUT2D eigenvalue weighted by Crippen LogP contribution is 2.25. The Bertz CT molecular complexity index is 831. The van der Waals surface area contributed by atoms with E-state index in [9.17, 15) is 14.4 Å². The molecule has 0 unspecified atom stereocenters. The highest BCUT2D eigenvalue weighted by atomic mass is 32.2. The number of nitrogens with zero attached hydrogens (tertiary/aromatic N) is 1. The monoisotopic (exact) mass is 340 g/mol. The number of hydrogen-bond donors (Lipinski definition) is 1. The number of carbonyl (C=O) groups is 3. The Hall–Kier alpha value is -2.60. The van der Waals surface area contributed by atoms with Gasteiger partial charge in [0.15, 0.2) is 0 Å². The van der Waals surface area contributed by atoms with Crippen molar-refractivity contribution in [2.45, 2.75) is 11.3 Å². The normalized spacial score (nSPS) is 13.2. The lowest BCUT2D eigenvalue weighted by atomic mass is 10.1. The molecule has 1 aliphatic heterocycles. The molecule has 0 radical (unpaired) electrons. The summed E-state index contributed by atoms with van der Waals surface area (Å²) < 4.78 is 0. The third-order valence-corrected chi connectivity index (χ3v) is 4.64. The number of imide groups is 1. The first-order valence-corrected chi connectivity index (χ1v) is 8.61. The Labute approximate surface area is 144 Å². The first-order chi connectivity index (χ1) is 11.5. The molecule has 3 rings (SSSR count). The largest absolute Gasteiger partial charge is 0.326 e. The van der Waals surface area contributed by atoms with Gasteiger partial charge in [0.2, 0.25) is 5.91 Å². The molecular formula is C18H16N2O3S. The van der Waals surface area contributed by atoms with Crippen molar-refractivity contribution in [1.29, 1.82) is 0 Å². The number of anilines is 1. The van der Waals surface area contributed by atoms with E-state index in [0.29, 0.717) is 16.8 Å². The average Bonchev–Trinajstić information content (AvgIpc) is 2.80. The van der Waals surface area contributed by atoms with Gasteiger partial charge in [-0.05, 0) is 42.2 Å². The predicted octanol–water partition coefficient (Wildman–Crippen LogP) is 2.82. The maximum Gasteiger partial charge on any atom is 0.261 e. The zero-order valence-corrected chi connectivity index (χ0v) is 14.1. The smallest absolute Gasteiger partial charge is 0.261 e. The van der Waals surface area contributed by atoms with Gasteiger partial charge >= 0.3 is 0 Å². The molecule has 1 N–H and O–H groups in total. The van der Waals surface area contributed by atoms with E-state index in [-0.39, 0.29) is 24.1 Å². The number of fused-ring (bicyclic) bond motifs is 1. The number of carbonyl (C=O) groups excluding carboxylic acids is 3. The fourth-order valence-corrected chi connectivity index (χ4v) is 2.98. The van der Waals surface area contributed by atoms with Crippen molar-refractivity contribution in [2.75, 3.05) is 18.6 Å². The molecule has 2 aromatic rings. The highest BCUT2D eigenvalue weighted by Gasteiger charge is 2.32. The SMILES string of the molecule is CSc1ccc(CC(=O)Nc2ccc3c(c2)C(=O)N(C)C3=O)cc1. The van der Waals surface area contributed by atoms with Gasteiger partial charge in [-0.3, -0.25) is 19.3 Å². The van der Waals surface area contributed by atoms with E-state index in [1.807, 2.05) is 30.5 Å². The van der Waals surface area contributed by atoms with E-state index >= 15 is 0 Å². The van der Waals surface area contributed by atoms with Crippen molar-refractivity contribution in [3.05, 3.63) is 59.2 Å². The van der Waals surface area contributed by atoms with Crippen molar-refractivity contribution in [3.63, 3.8) is 0 Å². The fraction of sp³-hybridized carbons (Fsp3) is 0.167. The summed E-state index contributed by atoms with van der Waals surface area (Å²) in [6.45, 7) is 0. The van der Waals surface area contributed by atoms with Gasteiger partial charge in [0.25, 0.3) is 11.8 Å². The van der Waals surface area contributed by atoms with Crippen LogP contribution in [0.3, 0.4) is 0 Å². The maximum absolute atomic E-state index is 12.2. The minimum atomic E-state index is -0.348. The van der Waals surface area contributed by atoms with Crippen LogP contribution in [0.25, 0.3) is 0 Å². The van der Waals surface area contributed by atoms with E-state index < -0.39 is 0 Å². The van der Waals surface area contributed by atoms with Gasteiger partial charge < -0.3 is 5.32 Å². The van der Waals surface area contributed by atoms with Crippen LogP contribution < -0.4 is 5.32 Å². The lowest BCUT2D eigenvalue weighted by Gasteiger charge is -2.07. The maximum atomic E-state index is 12.2. The Balaban J connectivity index is 1.71. The summed E-state index contributed by atoms with van der Waals surface area (Å²) in [6, 6.07) is 12.6. The summed E-state index contributed by atoms with van der Waals surface area (Å²) in [5.74, 6) is -0.836. The second-order valence-electron chi connectivity index (χ2n) is 5.50. The average molecular weight is 340 g/mol. The summed E-state index contributed by atoms with van der Waals surface area (Å²) in [5.41, 5.74) is 2.12. The number of rotatable bonds is 4. The molecule has 0 spiro atoms. The van der Waals surface area contributed by atoms with Crippen LogP contribution in [0, 0.1) is 0 Å². The van der Waals surface area contributed by atoms with Crippen molar-refractivity contribution in [1.82, 2.24) is 4.90 Å². The van der Waals surface area contributed by atoms with Gasteiger partial charge in [-0.2, -0.15) is 0 Å². The van der Waals surface area contributed by atoms with E-state index in [4.69, 9.17) is 0 Å². The molecule has 0 atom stereocenters. The van der Waals surface area contributed by atoms with E-state index in [0.717, 1.165) is 15.4 Å². The fourth-order valence-electron chi connectivity index (χ4n) is 2.57. The minimum Gasteiger partial charge on any atom is -0.326 e. The first kappa shape index (κ1) is 16.3. The molecule has 5 nitrogen and oxygen atoms in total. The molecule has 1 aliphatic rings. The zero-order chi connectivity index (χ0) is 17.3. The van der Waals surface area contributed by atoms with Crippen LogP contribution in [0.2, 0.25) is 0 Å². The molecule has 0 saturated carbocycles. The van der Waals surface area contributed by atoms with Crippen LogP contribution in [-0.4, -0.2) is 35.9 Å². The second kappa shape index (κ2) is 6.49. The third-order valence-electron chi connectivity index (χ3n) is 3.90. The van der Waals surface area contributed by atoms with E-state index in [1.165, 1.54) is 7.05 Å². The summed E-state index contributed by atoms with van der Waals surface area (Å²) >= 11 is 1.65. The minimum absolute atomic E-state index is 0.169. The Kier molecular flexibility index (Phi) is 4.40. The second-order valence-corrected chi connectivity index (χ2v) is 6.38. The molecule has 6 heteroatoms. The molecule has 2 aromatic carbocycles. The number of benzene rings is 2. The zero-order valence-electron chi connectivity index (χ0n) is 13.3. The van der Waals surface area contributed by atoms with Crippen molar-refractivity contribution >= 4 is 35.2 Å². The molecule has 0 aromatic heterocycles. The molecule has 0 aliphatic carbocycles. The Morgan fingerprint density at radius 1 is 1.04 bits per heavy atom. The van der Waals surface area contributed by atoms with Crippen molar-refractivity contribution in [2.24, 2.45) is 0 Å². The van der Waals surface area contributed by atoms with Crippen molar-refractivity contribution in [3.8, 4) is 0 Å². The number of amides is 3. The molecule has 0 bridgehead atoms. The number of hydrogen-bond acceptors (Lipinski definition) is 4. The van der Waals surface area contributed by atoms with E-state index in [2.05, 4.69) is 5.32 Å². The molecule has 24 heavy (non-hydrogen) atoms. The van der Waals surface area contributed by atoms with E-state index in [1.54, 1.807) is 30.0 Å². The van der Waals surface area contributed by atoms with Gasteiger partial charge in [0.1, 0.15) is 0 Å². The summed E-state index contributed by atoms with van der Waals surface area (Å²) in [6.07, 6.45) is 2.25. The molecule has 0 saturated heterocycles. The predicted molar refractivity (Wildman–Crippen MR) is 93.4 cm³/mol. The molecule has 3 amide bonds. The quantitative estimate of drug-likeness (QED) is 0.686. The number of thioether (sulfide) groups is 1. The molecule has 1 heterocycles. The highest BCUT2D eigenvalue weighted by molar-refractivity contribution is 7.98. The van der Waals surface area contributed by atoms with Crippen LogP contribution >= 0.6 is 11.8 Å². The van der Waals surface area contributed by atoms with Crippen LogP contribution in [-0.2, 0) is 11.2 Å². The first-order valence-electron chi connectivity index (χ1n) is 7.39.